The molecule has 10 heteroatoms. The number of fused-ring (bicyclic) bond motifs is 2. The van der Waals surface area contributed by atoms with Crippen LogP contribution in [-0.4, -0.2) is 41.5 Å². The Morgan fingerprint density at radius 1 is 1.09 bits per heavy atom. The molecule has 0 bridgehead atoms. The maximum absolute atomic E-state index is 13.5. The third-order valence-corrected chi connectivity index (χ3v) is 6.47. The number of carbonyl (C=O) groups is 1. The molecule has 0 saturated carbocycles. The molecule has 7 nitrogen and oxygen atoms in total. The van der Waals surface area contributed by atoms with Crippen LogP contribution in [0.3, 0.4) is 0 Å². The van der Waals surface area contributed by atoms with E-state index in [4.69, 9.17) is 0 Å². The largest absolute Gasteiger partial charge is 0.435 e. The summed E-state index contributed by atoms with van der Waals surface area (Å²) in [6.45, 7) is 2.35. The van der Waals surface area contributed by atoms with Crippen LogP contribution in [0.25, 0.3) is 22.3 Å². The highest BCUT2D eigenvalue weighted by molar-refractivity contribution is 6.06. The summed E-state index contributed by atoms with van der Waals surface area (Å²) < 4.78 is 44.4. The number of halogens is 3. The van der Waals surface area contributed by atoms with Crippen molar-refractivity contribution in [2.45, 2.75) is 25.6 Å². The van der Waals surface area contributed by atoms with Crippen molar-refractivity contribution in [2.75, 3.05) is 6.54 Å². The number of hydrogen-bond acceptors (Lipinski definition) is 3. The molecule has 1 aliphatic heterocycles. The third kappa shape index (κ3) is 3.23. The SMILES string of the molecule is C[C@H]1c2nn(C)c(-c3cc(C(F)(F)F)nn3C)c2CCN1C(=O)c1cccc2c1ccn2C. The van der Waals surface area contributed by atoms with E-state index in [0.717, 1.165) is 22.5 Å². The number of amides is 1. The van der Waals surface area contributed by atoms with Crippen molar-refractivity contribution < 1.29 is 18.0 Å². The highest BCUT2D eigenvalue weighted by atomic mass is 19.4. The molecule has 5 rings (SSSR count). The molecule has 1 aromatic carbocycles. The topological polar surface area (TPSA) is 60.9 Å². The number of rotatable bonds is 2. The van der Waals surface area contributed by atoms with Crippen molar-refractivity contribution in [3.63, 3.8) is 0 Å². The van der Waals surface area contributed by atoms with Crippen molar-refractivity contribution in [3.8, 4) is 11.4 Å². The van der Waals surface area contributed by atoms with Crippen molar-refractivity contribution in [3.05, 3.63) is 59.0 Å². The van der Waals surface area contributed by atoms with Gasteiger partial charge in [-0.15, -0.1) is 0 Å². The molecule has 172 valence electrons. The van der Waals surface area contributed by atoms with E-state index in [1.807, 2.05) is 49.0 Å². The second-order valence-corrected chi connectivity index (χ2v) is 8.46. The van der Waals surface area contributed by atoms with Gasteiger partial charge in [-0.3, -0.25) is 14.2 Å². The summed E-state index contributed by atoms with van der Waals surface area (Å²) in [7, 11) is 5.13. The smallest absolute Gasteiger partial charge is 0.351 e. The monoisotopic (exact) mass is 456 g/mol. The molecule has 0 spiro atoms. The fraction of sp³-hybridized carbons (Fsp3) is 0.348. The average Bonchev–Trinajstić information content (AvgIpc) is 3.42. The summed E-state index contributed by atoms with van der Waals surface area (Å²) in [5.41, 5.74) is 3.15. The highest BCUT2D eigenvalue weighted by Crippen LogP contribution is 2.38. The van der Waals surface area contributed by atoms with Crippen molar-refractivity contribution in [1.82, 2.24) is 29.0 Å². The van der Waals surface area contributed by atoms with Crippen molar-refractivity contribution in [2.24, 2.45) is 21.1 Å². The summed E-state index contributed by atoms with van der Waals surface area (Å²) in [4.78, 5) is 15.3. The van der Waals surface area contributed by atoms with Gasteiger partial charge in [-0.05, 0) is 37.6 Å². The van der Waals surface area contributed by atoms with Gasteiger partial charge in [-0.25, -0.2) is 0 Å². The Morgan fingerprint density at radius 3 is 2.55 bits per heavy atom. The maximum atomic E-state index is 13.5. The van der Waals surface area contributed by atoms with E-state index < -0.39 is 11.9 Å². The lowest BCUT2D eigenvalue weighted by Crippen LogP contribution is -2.39. The van der Waals surface area contributed by atoms with E-state index in [9.17, 15) is 18.0 Å². The Balaban J connectivity index is 1.53. The normalized spacial score (nSPS) is 16.5. The number of carbonyl (C=O) groups excluding carboxylic acids is 1. The predicted octanol–water partition coefficient (Wildman–Crippen LogP) is 4.09. The standard InChI is InChI=1S/C23H23F3N6O/c1-13-20-16(21(31(4)28-20)18-12-19(23(24,25)26)27-30(18)3)9-11-32(13)22(33)15-6-5-7-17-14(15)8-10-29(17)2/h5-8,10,12-13H,9,11H2,1-4H3/t13-/m0/s1. The summed E-state index contributed by atoms with van der Waals surface area (Å²) in [6.07, 6.45) is -2.11. The van der Waals surface area contributed by atoms with Gasteiger partial charge in [0.1, 0.15) is 0 Å². The summed E-state index contributed by atoms with van der Waals surface area (Å²) in [5.74, 6) is -0.0861. The number of aromatic nitrogens is 5. The van der Waals surface area contributed by atoms with Gasteiger partial charge in [0.25, 0.3) is 5.91 Å². The molecular weight excluding hydrogens is 433 g/mol. The van der Waals surface area contributed by atoms with Crippen LogP contribution >= 0.6 is 0 Å². The molecular formula is C23H23F3N6O. The molecule has 0 fully saturated rings. The maximum Gasteiger partial charge on any atom is 0.435 e. The number of benzene rings is 1. The first-order valence-corrected chi connectivity index (χ1v) is 10.6. The zero-order valence-electron chi connectivity index (χ0n) is 18.7. The van der Waals surface area contributed by atoms with Crippen molar-refractivity contribution in [1.29, 1.82) is 0 Å². The minimum absolute atomic E-state index is 0.0861. The molecule has 1 amide bonds. The number of hydrogen-bond donors (Lipinski definition) is 0. The fourth-order valence-corrected chi connectivity index (χ4v) is 4.81. The Morgan fingerprint density at radius 2 is 1.85 bits per heavy atom. The Bertz CT molecular complexity index is 1390. The van der Waals surface area contributed by atoms with Gasteiger partial charge in [0, 0.05) is 55.9 Å². The molecule has 1 atom stereocenters. The van der Waals surface area contributed by atoms with Gasteiger partial charge >= 0.3 is 6.18 Å². The summed E-state index contributed by atoms with van der Waals surface area (Å²) in [6, 6.07) is 8.33. The first-order valence-electron chi connectivity index (χ1n) is 10.6. The summed E-state index contributed by atoms with van der Waals surface area (Å²) in [5, 5.41) is 9.14. The first-order chi connectivity index (χ1) is 15.6. The van der Waals surface area contributed by atoms with Crippen LogP contribution in [0.5, 0.6) is 0 Å². The Labute approximate surface area is 188 Å². The average molecular weight is 456 g/mol. The molecule has 1 aliphatic rings. The zero-order valence-corrected chi connectivity index (χ0v) is 18.7. The second-order valence-electron chi connectivity index (χ2n) is 8.46. The molecule has 0 N–H and O–H groups in total. The van der Waals surface area contributed by atoms with Gasteiger partial charge in [-0.2, -0.15) is 23.4 Å². The minimum Gasteiger partial charge on any atom is -0.351 e. The lowest BCUT2D eigenvalue weighted by atomic mass is 9.96. The second kappa shape index (κ2) is 7.23. The van der Waals surface area contributed by atoms with Crippen LogP contribution in [0.15, 0.2) is 36.5 Å². The minimum atomic E-state index is -4.52. The van der Waals surface area contributed by atoms with Crippen LogP contribution in [0, 0.1) is 0 Å². The third-order valence-electron chi connectivity index (χ3n) is 6.47. The molecule has 4 aromatic rings. The Kier molecular flexibility index (Phi) is 4.66. The van der Waals surface area contributed by atoms with Crippen molar-refractivity contribution >= 4 is 16.8 Å². The number of aryl methyl sites for hydroxylation is 3. The van der Waals surface area contributed by atoms with Gasteiger partial charge in [0.05, 0.1) is 23.1 Å². The van der Waals surface area contributed by atoms with E-state index in [0.29, 0.717) is 35.6 Å². The van der Waals surface area contributed by atoms with E-state index >= 15 is 0 Å². The lowest BCUT2D eigenvalue weighted by molar-refractivity contribution is -0.141. The molecule has 0 unspecified atom stereocenters. The quantitative estimate of drug-likeness (QED) is 0.457. The van der Waals surface area contributed by atoms with Gasteiger partial charge in [-0.1, -0.05) is 6.07 Å². The predicted molar refractivity (Wildman–Crippen MR) is 116 cm³/mol. The zero-order chi connectivity index (χ0) is 23.7. The van der Waals surface area contributed by atoms with E-state index in [-0.39, 0.29) is 11.9 Å². The number of alkyl halides is 3. The van der Waals surface area contributed by atoms with Gasteiger partial charge in [0.15, 0.2) is 5.69 Å². The van der Waals surface area contributed by atoms with E-state index in [1.54, 1.807) is 16.6 Å². The van der Waals surface area contributed by atoms with Crippen LogP contribution in [0.2, 0.25) is 0 Å². The summed E-state index contributed by atoms with van der Waals surface area (Å²) >= 11 is 0. The van der Waals surface area contributed by atoms with Crippen LogP contribution in [0.1, 0.15) is 40.3 Å². The molecule has 0 aliphatic carbocycles. The first kappa shape index (κ1) is 21.3. The Hall–Kier alpha value is -3.56. The highest BCUT2D eigenvalue weighted by Gasteiger charge is 2.37. The molecule has 0 saturated heterocycles. The van der Waals surface area contributed by atoms with E-state index in [2.05, 4.69) is 10.2 Å². The van der Waals surface area contributed by atoms with Crippen LogP contribution in [0.4, 0.5) is 13.2 Å². The van der Waals surface area contributed by atoms with Gasteiger partial charge in [0.2, 0.25) is 0 Å². The lowest BCUT2D eigenvalue weighted by Gasteiger charge is -2.33. The molecule has 4 heterocycles. The van der Waals surface area contributed by atoms with Crippen LogP contribution < -0.4 is 0 Å². The fourth-order valence-electron chi connectivity index (χ4n) is 4.81. The molecule has 33 heavy (non-hydrogen) atoms. The van der Waals surface area contributed by atoms with Gasteiger partial charge < -0.3 is 9.47 Å². The molecule has 0 radical (unpaired) electrons. The van der Waals surface area contributed by atoms with Crippen LogP contribution in [-0.2, 0) is 33.7 Å². The number of nitrogens with zero attached hydrogens (tertiary/aromatic N) is 6. The molecule has 3 aromatic heterocycles. The van der Waals surface area contributed by atoms with E-state index in [1.165, 1.54) is 11.7 Å².